The highest BCUT2D eigenvalue weighted by molar-refractivity contribution is 5.15. The van der Waals surface area contributed by atoms with Crippen LogP contribution in [-0.4, -0.2) is 42.5 Å². The Hall–Kier alpha value is -1.64. The Morgan fingerprint density at radius 1 is 1.04 bits per heavy atom. The molecule has 1 aromatic carbocycles. The predicted octanol–water partition coefficient (Wildman–Crippen LogP) is 4.27. The van der Waals surface area contributed by atoms with Gasteiger partial charge in [-0.25, -0.2) is 0 Å². The summed E-state index contributed by atoms with van der Waals surface area (Å²) < 4.78 is 0. The molecule has 0 spiro atoms. The Kier molecular flexibility index (Phi) is 7.85. The van der Waals surface area contributed by atoms with E-state index >= 15 is 0 Å². The van der Waals surface area contributed by atoms with Gasteiger partial charge in [-0.1, -0.05) is 66.8 Å². The highest BCUT2D eigenvalue weighted by Gasteiger charge is 2.16. The van der Waals surface area contributed by atoms with Crippen molar-refractivity contribution in [2.45, 2.75) is 26.3 Å². The molecule has 0 N–H and O–H groups in total. The maximum absolute atomic E-state index is 3.69. The van der Waals surface area contributed by atoms with Crippen molar-refractivity contribution in [1.82, 2.24) is 9.80 Å². The molecule has 23 heavy (non-hydrogen) atoms. The van der Waals surface area contributed by atoms with E-state index in [1.807, 2.05) is 12.2 Å². The van der Waals surface area contributed by atoms with Crippen molar-refractivity contribution in [3.05, 3.63) is 72.4 Å². The molecule has 2 nitrogen and oxygen atoms in total. The molecule has 0 atom stereocenters. The largest absolute Gasteiger partial charge is 0.301 e. The Morgan fingerprint density at radius 2 is 1.74 bits per heavy atom. The van der Waals surface area contributed by atoms with E-state index in [1.54, 1.807) is 0 Å². The normalized spacial score (nSPS) is 17.7. The van der Waals surface area contributed by atoms with Crippen molar-refractivity contribution in [3.63, 3.8) is 0 Å². The molecule has 0 aliphatic carbocycles. The second-order valence-electron chi connectivity index (χ2n) is 6.34. The van der Waals surface area contributed by atoms with Gasteiger partial charge < -0.3 is 4.90 Å². The first kappa shape index (κ1) is 17.7. The maximum atomic E-state index is 3.69. The van der Waals surface area contributed by atoms with E-state index in [0.717, 1.165) is 6.54 Å². The number of piperazine rings is 1. The monoisotopic (exact) mass is 310 g/mol. The van der Waals surface area contributed by atoms with Gasteiger partial charge in [0, 0.05) is 32.7 Å². The molecule has 1 aliphatic heterocycles. The van der Waals surface area contributed by atoms with Crippen LogP contribution in [0.5, 0.6) is 0 Å². The second-order valence-corrected chi connectivity index (χ2v) is 6.34. The number of hydrogen-bond acceptors (Lipinski definition) is 2. The van der Waals surface area contributed by atoms with Crippen LogP contribution in [0.2, 0.25) is 0 Å². The summed E-state index contributed by atoms with van der Waals surface area (Å²) in [5.41, 5.74) is 2.88. The van der Waals surface area contributed by atoms with Crippen LogP contribution in [0.25, 0.3) is 0 Å². The highest BCUT2D eigenvalue weighted by atomic mass is 15.3. The number of nitrogens with zero attached hydrogens (tertiary/aromatic N) is 2. The lowest BCUT2D eigenvalue weighted by molar-refractivity contribution is 0.126. The van der Waals surface area contributed by atoms with E-state index in [2.05, 4.69) is 65.8 Å². The van der Waals surface area contributed by atoms with Crippen molar-refractivity contribution in [1.29, 1.82) is 0 Å². The van der Waals surface area contributed by atoms with Gasteiger partial charge in [0.2, 0.25) is 0 Å². The number of rotatable bonds is 8. The molecule has 1 aliphatic rings. The fourth-order valence-electron chi connectivity index (χ4n) is 2.98. The molecule has 0 unspecified atom stereocenters. The van der Waals surface area contributed by atoms with Crippen molar-refractivity contribution in [3.8, 4) is 0 Å². The summed E-state index contributed by atoms with van der Waals surface area (Å²) in [6.07, 6.45) is 10.5. The molecule has 1 heterocycles. The minimum absolute atomic E-state index is 1.09. The Balaban J connectivity index is 1.62. The topological polar surface area (TPSA) is 6.48 Å². The fraction of sp³-hybridized carbons (Fsp3) is 0.429. The second kappa shape index (κ2) is 10.2. The molecular weight excluding hydrogens is 280 g/mol. The van der Waals surface area contributed by atoms with E-state index in [9.17, 15) is 0 Å². The van der Waals surface area contributed by atoms with Crippen LogP contribution < -0.4 is 0 Å². The number of hydrogen-bond donors (Lipinski definition) is 0. The minimum atomic E-state index is 1.09. The van der Waals surface area contributed by atoms with Gasteiger partial charge in [0.05, 0.1) is 0 Å². The standard InChI is InChI=1S/C21H30N2/c1-3-4-6-10-20(2)11-9-14-22-15-17-23(18-16-22)19-21-12-7-5-8-13-21/h3-8,10,12-13H,1,9,11,14-19H2,2H3/b6-4-,20-10+. The molecule has 2 rings (SSSR count). The third-order valence-corrected chi connectivity index (χ3v) is 4.39. The third-order valence-electron chi connectivity index (χ3n) is 4.39. The van der Waals surface area contributed by atoms with Gasteiger partial charge in [-0.15, -0.1) is 0 Å². The predicted molar refractivity (Wildman–Crippen MR) is 100 cm³/mol. The SMILES string of the molecule is C=C/C=C\C=C(/C)CCCN1CCN(Cc2ccccc2)CC1. The van der Waals surface area contributed by atoms with Gasteiger partial charge in [0.25, 0.3) is 0 Å². The van der Waals surface area contributed by atoms with Crippen LogP contribution in [-0.2, 0) is 6.54 Å². The molecule has 2 heteroatoms. The molecule has 0 radical (unpaired) electrons. The summed E-state index contributed by atoms with van der Waals surface area (Å²) in [5, 5.41) is 0. The zero-order chi connectivity index (χ0) is 16.3. The molecular formula is C21H30N2. The summed E-state index contributed by atoms with van der Waals surface area (Å²) in [6, 6.07) is 10.8. The van der Waals surface area contributed by atoms with Crippen molar-refractivity contribution >= 4 is 0 Å². The molecule has 1 saturated heterocycles. The van der Waals surface area contributed by atoms with Crippen LogP contribution >= 0.6 is 0 Å². The average Bonchev–Trinajstić information content (AvgIpc) is 2.58. The highest BCUT2D eigenvalue weighted by Crippen LogP contribution is 2.10. The van der Waals surface area contributed by atoms with E-state index < -0.39 is 0 Å². The first-order valence-corrected chi connectivity index (χ1v) is 8.71. The van der Waals surface area contributed by atoms with E-state index in [4.69, 9.17) is 0 Å². The lowest BCUT2D eigenvalue weighted by Gasteiger charge is -2.34. The molecule has 0 aromatic heterocycles. The summed E-state index contributed by atoms with van der Waals surface area (Å²) in [4.78, 5) is 5.17. The quantitative estimate of drug-likeness (QED) is 0.662. The zero-order valence-electron chi connectivity index (χ0n) is 14.5. The van der Waals surface area contributed by atoms with Gasteiger partial charge in [-0.3, -0.25) is 4.90 Å². The first-order chi connectivity index (χ1) is 11.3. The summed E-state index contributed by atoms with van der Waals surface area (Å²) in [5.74, 6) is 0. The number of allylic oxidation sites excluding steroid dienone is 5. The van der Waals surface area contributed by atoms with Gasteiger partial charge in [0.1, 0.15) is 0 Å². The molecule has 0 saturated carbocycles. The summed E-state index contributed by atoms with van der Waals surface area (Å²) >= 11 is 0. The van der Waals surface area contributed by atoms with Crippen LogP contribution in [0, 0.1) is 0 Å². The van der Waals surface area contributed by atoms with E-state index in [-0.39, 0.29) is 0 Å². The van der Waals surface area contributed by atoms with E-state index in [0.29, 0.717) is 0 Å². The van der Waals surface area contributed by atoms with Crippen LogP contribution in [0.15, 0.2) is 66.8 Å². The molecule has 0 amide bonds. The van der Waals surface area contributed by atoms with Crippen molar-refractivity contribution in [2.75, 3.05) is 32.7 Å². The average molecular weight is 310 g/mol. The Labute approximate surface area is 141 Å². The zero-order valence-corrected chi connectivity index (χ0v) is 14.5. The first-order valence-electron chi connectivity index (χ1n) is 8.71. The maximum Gasteiger partial charge on any atom is 0.0234 e. The van der Waals surface area contributed by atoms with Crippen LogP contribution in [0.3, 0.4) is 0 Å². The van der Waals surface area contributed by atoms with Crippen molar-refractivity contribution < 1.29 is 0 Å². The molecule has 124 valence electrons. The smallest absolute Gasteiger partial charge is 0.0234 e. The van der Waals surface area contributed by atoms with Gasteiger partial charge in [-0.05, 0) is 31.9 Å². The lowest BCUT2D eigenvalue weighted by atomic mass is 10.1. The Morgan fingerprint density at radius 3 is 2.43 bits per heavy atom. The molecule has 1 fully saturated rings. The third kappa shape index (κ3) is 6.98. The van der Waals surface area contributed by atoms with Gasteiger partial charge in [-0.2, -0.15) is 0 Å². The molecule has 0 bridgehead atoms. The minimum Gasteiger partial charge on any atom is -0.301 e. The lowest BCUT2D eigenvalue weighted by Crippen LogP contribution is -2.46. The summed E-state index contributed by atoms with van der Waals surface area (Å²) in [7, 11) is 0. The summed E-state index contributed by atoms with van der Waals surface area (Å²) in [6.45, 7) is 13.0. The number of benzene rings is 1. The van der Waals surface area contributed by atoms with Gasteiger partial charge >= 0.3 is 0 Å². The van der Waals surface area contributed by atoms with Crippen molar-refractivity contribution in [2.24, 2.45) is 0 Å². The van der Waals surface area contributed by atoms with Crippen LogP contribution in [0.4, 0.5) is 0 Å². The molecule has 1 aromatic rings. The Bertz CT molecular complexity index is 508. The van der Waals surface area contributed by atoms with Gasteiger partial charge in [0.15, 0.2) is 0 Å². The van der Waals surface area contributed by atoms with E-state index in [1.165, 1.54) is 56.7 Å². The van der Waals surface area contributed by atoms with Crippen LogP contribution in [0.1, 0.15) is 25.3 Å². The fourth-order valence-corrected chi connectivity index (χ4v) is 2.98.